The normalized spacial score (nSPS) is 16.6. The molecule has 1 unspecified atom stereocenters. The molecule has 0 aliphatic carbocycles. The van der Waals surface area contributed by atoms with Gasteiger partial charge in [-0.2, -0.15) is 4.98 Å². The van der Waals surface area contributed by atoms with Crippen LogP contribution in [-0.2, 0) is 4.74 Å². The first-order chi connectivity index (χ1) is 15.0. The van der Waals surface area contributed by atoms with Crippen LogP contribution in [0.5, 0.6) is 0 Å². The van der Waals surface area contributed by atoms with Crippen LogP contribution in [0.3, 0.4) is 0 Å². The molecule has 2 heterocycles. The van der Waals surface area contributed by atoms with Gasteiger partial charge in [-0.15, -0.1) is 0 Å². The van der Waals surface area contributed by atoms with E-state index in [2.05, 4.69) is 15.5 Å². The van der Waals surface area contributed by atoms with Crippen LogP contribution in [0, 0.1) is 5.82 Å². The highest BCUT2D eigenvalue weighted by atomic mass is 35.5. The van der Waals surface area contributed by atoms with E-state index in [0.29, 0.717) is 40.8 Å². The lowest BCUT2D eigenvalue weighted by Crippen LogP contribution is -2.47. The molecule has 4 rings (SSSR count). The predicted octanol–water partition coefficient (Wildman–Crippen LogP) is 4.67. The Morgan fingerprint density at radius 1 is 1.26 bits per heavy atom. The number of benzene rings is 2. The molecule has 2 aromatic carbocycles. The summed E-state index contributed by atoms with van der Waals surface area (Å²) in [5.74, 6) is 0.223. The second kappa shape index (κ2) is 8.87. The number of urea groups is 1. The molecule has 0 bridgehead atoms. The quantitative estimate of drug-likeness (QED) is 0.599. The number of nitrogens with one attached hydrogen (secondary N) is 1. The highest BCUT2D eigenvalue weighted by Crippen LogP contribution is 2.37. The van der Waals surface area contributed by atoms with Gasteiger partial charge in [0, 0.05) is 23.4 Å². The summed E-state index contributed by atoms with van der Waals surface area (Å²) in [6.07, 6.45) is 0. The molecule has 31 heavy (non-hydrogen) atoms. The van der Waals surface area contributed by atoms with Crippen molar-refractivity contribution in [3.05, 3.63) is 76.5 Å². The van der Waals surface area contributed by atoms with Crippen molar-refractivity contribution in [1.29, 1.82) is 0 Å². The first kappa shape index (κ1) is 21.0. The zero-order chi connectivity index (χ0) is 22.0. The van der Waals surface area contributed by atoms with E-state index in [-0.39, 0.29) is 17.7 Å². The maximum absolute atomic E-state index is 13.3. The van der Waals surface area contributed by atoms with Crippen LogP contribution in [0.2, 0.25) is 5.02 Å². The average Bonchev–Trinajstić information content (AvgIpc) is 3.23. The fraction of sp³-hybridized carbons (Fsp3) is 0.227. The van der Waals surface area contributed by atoms with Crippen LogP contribution < -0.4 is 5.32 Å². The number of amides is 2. The monoisotopic (exact) mass is 442 g/mol. The van der Waals surface area contributed by atoms with E-state index in [1.807, 2.05) is 19.1 Å². The Bertz CT molecular complexity index is 1130. The highest BCUT2D eigenvalue weighted by molar-refractivity contribution is 6.30. The van der Waals surface area contributed by atoms with Gasteiger partial charge in [0.05, 0.1) is 24.8 Å². The standard InChI is InChI=1S/C22H20ClFN4O3/c1-13-18(21-26-20(27-31-21)14-6-8-17(24)9-7-14)19(15-4-3-5-16(23)12-15)25-22(29)28(13)10-11-30-2/h3-9,12,19H,10-11H2,1-2H3,(H,25,29). The van der Waals surface area contributed by atoms with Crippen molar-refractivity contribution in [2.45, 2.75) is 13.0 Å². The van der Waals surface area contributed by atoms with Crippen LogP contribution in [0.25, 0.3) is 17.0 Å². The molecule has 160 valence electrons. The summed E-state index contributed by atoms with van der Waals surface area (Å²) >= 11 is 6.19. The summed E-state index contributed by atoms with van der Waals surface area (Å²) in [5.41, 5.74) is 2.71. The van der Waals surface area contributed by atoms with E-state index in [0.717, 1.165) is 5.56 Å². The van der Waals surface area contributed by atoms with Gasteiger partial charge in [-0.05, 0) is 48.9 Å². The van der Waals surface area contributed by atoms with Gasteiger partial charge in [-0.1, -0.05) is 28.9 Å². The Labute approximate surface area is 183 Å². The van der Waals surface area contributed by atoms with E-state index in [9.17, 15) is 9.18 Å². The van der Waals surface area contributed by atoms with Crippen molar-refractivity contribution in [2.75, 3.05) is 20.3 Å². The Balaban J connectivity index is 1.80. The summed E-state index contributed by atoms with van der Waals surface area (Å²) in [5, 5.41) is 7.59. The molecule has 3 aromatic rings. The molecular weight excluding hydrogens is 423 g/mol. The fourth-order valence-electron chi connectivity index (χ4n) is 3.50. The molecule has 0 spiro atoms. The third-order valence-electron chi connectivity index (χ3n) is 5.06. The van der Waals surface area contributed by atoms with Crippen molar-refractivity contribution >= 4 is 23.2 Å². The lowest BCUT2D eigenvalue weighted by atomic mass is 9.94. The first-order valence-corrected chi connectivity index (χ1v) is 9.99. The van der Waals surface area contributed by atoms with Gasteiger partial charge in [0.15, 0.2) is 0 Å². The second-order valence-corrected chi connectivity index (χ2v) is 7.45. The van der Waals surface area contributed by atoms with E-state index in [1.165, 1.54) is 12.1 Å². The third-order valence-corrected chi connectivity index (χ3v) is 5.29. The van der Waals surface area contributed by atoms with Crippen LogP contribution in [0.1, 0.15) is 24.4 Å². The van der Waals surface area contributed by atoms with Crippen molar-refractivity contribution in [3.63, 3.8) is 0 Å². The molecule has 1 aromatic heterocycles. The molecule has 0 fully saturated rings. The maximum Gasteiger partial charge on any atom is 0.322 e. The van der Waals surface area contributed by atoms with Crippen LogP contribution in [0.15, 0.2) is 58.8 Å². The molecule has 0 saturated heterocycles. The molecule has 9 heteroatoms. The Morgan fingerprint density at radius 3 is 2.74 bits per heavy atom. The number of halogens is 2. The second-order valence-electron chi connectivity index (χ2n) is 7.01. The van der Waals surface area contributed by atoms with Crippen LogP contribution in [0.4, 0.5) is 9.18 Å². The number of ether oxygens (including phenoxy) is 1. The number of nitrogens with zero attached hydrogens (tertiary/aromatic N) is 3. The predicted molar refractivity (Wildman–Crippen MR) is 114 cm³/mol. The summed E-state index contributed by atoms with van der Waals surface area (Å²) < 4.78 is 24.0. The Morgan fingerprint density at radius 2 is 2.03 bits per heavy atom. The average molecular weight is 443 g/mol. The number of aromatic nitrogens is 2. The van der Waals surface area contributed by atoms with Crippen LogP contribution >= 0.6 is 11.6 Å². The van der Waals surface area contributed by atoms with Gasteiger partial charge in [0.2, 0.25) is 5.82 Å². The minimum atomic E-state index is -0.536. The summed E-state index contributed by atoms with van der Waals surface area (Å²) in [6, 6.07) is 12.2. The molecule has 0 radical (unpaired) electrons. The number of allylic oxidation sites excluding steroid dienone is 1. The zero-order valence-electron chi connectivity index (χ0n) is 16.9. The van der Waals surface area contributed by atoms with Gasteiger partial charge in [-0.3, -0.25) is 4.90 Å². The fourth-order valence-corrected chi connectivity index (χ4v) is 3.69. The molecule has 1 aliphatic rings. The molecule has 1 aliphatic heterocycles. The van der Waals surface area contributed by atoms with Gasteiger partial charge in [0.1, 0.15) is 5.82 Å². The summed E-state index contributed by atoms with van der Waals surface area (Å²) in [6.45, 7) is 2.55. The van der Waals surface area contributed by atoms with E-state index in [4.69, 9.17) is 20.9 Å². The van der Waals surface area contributed by atoms with Crippen molar-refractivity contribution in [3.8, 4) is 11.4 Å². The Kier molecular flexibility index (Phi) is 6.01. The highest BCUT2D eigenvalue weighted by Gasteiger charge is 2.35. The minimum absolute atomic E-state index is 0.254. The number of rotatable bonds is 6. The number of hydrogen-bond acceptors (Lipinski definition) is 5. The Hall–Kier alpha value is -3.23. The van der Waals surface area contributed by atoms with Crippen molar-refractivity contribution in [1.82, 2.24) is 20.4 Å². The van der Waals surface area contributed by atoms with Gasteiger partial charge >= 0.3 is 6.03 Å². The smallest absolute Gasteiger partial charge is 0.322 e. The molecule has 0 saturated carbocycles. The lowest BCUT2D eigenvalue weighted by Gasteiger charge is -2.35. The summed E-state index contributed by atoms with van der Waals surface area (Å²) in [7, 11) is 1.57. The van der Waals surface area contributed by atoms with Gasteiger partial charge in [0.25, 0.3) is 5.89 Å². The van der Waals surface area contributed by atoms with Crippen molar-refractivity contribution in [2.24, 2.45) is 0 Å². The zero-order valence-corrected chi connectivity index (χ0v) is 17.7. The topological polar surface area (TPSA) is 80.5 Å². The van der Waals surface area contributed by atoms with E-state index in [1.54, 1.807) is 36.3 Å². The number of methoxy groups -OCH3 is 1. The largest absolute Gasteiger partial charge is 0.383 e. The molecule has 2 amide bonds. The van der Waals surface area contributed by atoms with E-state index < -0.39 is 6.04 Å². The first-order valence-electron chi connectivity index (χ1n) is 9.61. The van der Waals surface area contributed by atoms with Crippen LogP contribution in [-0.4, -0.2) is 41.3 Å². The van der Waals surface area contributed by atoms with E-state index >= 15 is 0 Å². The SMILES string of the molecule is COCCN1C(=O)NC(c2cccc(Cl)c2)C(c2nc(-c3ccc(F)cc3)no2)=C1C. The number of carbonyl (C=O) groups excluding carboxylic acids is 1. The third kappa shape index (κ3) is 4.30. The molecule has 1 N–H and O–H groups in total. The van der Waals surface area contributed by atoms with Gasteiger partial charge in [-0.25, -0.2) is 9.18 Å². The molecule has 1 atom stereocenters. The number of carbonyl (C=O) groups is 1. The lowest BCUT2D eigenvalue weighted by molar-refractivity contribution is 0.158. The summed E-state index contributed by atoms with van der Waals surface area (Å²) in [4.78, 5) is 18.9. The van der Waals surface area contributed by atoms with Gasteiger partial charge < -0.3 is 14.6 Å². The maximum atomic E-state index is 13.3. The molecular formula is C22H20ClFN4O3. The van der Waals surface area contributed by atoms with Crippen molar-refractivity contribution < 1.29 is 18.4 Å². The number of hydrogen-bond donors (Lipinski definition) is 1. The molecule has 7 nitrogen and oxygen atoms in total. The minimum Gasteiger partial charge on any atom is -0.383 e.